The summed E-state index contributed by atoms with van der Waals surface area (Å²) in [6, 6.07) is 2.11. The highest BCUT2D eigenvalue weighted by atomic mass is 31.2. The number of carbonyl (C=O) groups is 2. The Balaban J connectivity index is 2.02. The molecule has 0 spiro atoms. The Morgan fingerprint density at radius 3 is 1.98 bits per heavy atom. The fraction of sp³-hybridized carbons (Fsp3) is 0.581. The maximum atomic E-state index is 14.1. The minimum Gasteiger partial charge on any atom is -0.503 e. The predicted molar refractivity (Wildman–Crippen MR) is 175 cm³/mol. The molecule has 0 aliphatic carbocycles. The van der Waals surface area contributed by atoms with Gasteiger partial charge in [0.1, 0.15) is 22.9 Å². The average Bonchev–Trinajstić information content (AvgIpc) is 3.01. The number of ketones is 1. The molecular formula is C31H45F2N3O10P2. The molecule has 48 heavy (non-hydrogen) atoms. The molecule has 0 fully saturated rings. The van der Waals surface area contributed by atoms with Crippen LogP contribution in [0.4, 0.5) is 8.78 Å². The summed E-state index contributed by atoms with van der Waals surface area (Å²) in [5.41, 5.74) is -3.19. The summed E-state index contributed by atoms with van der Waals surface area (Å²) >= 11 is 0. The molecule has 2 N–H and O–H groups in total. The van der Waals surface area contributed by atoms with Crippen molar-refractivity contribution in [3.8, 4) is 5.75 Å². The Bertz CT molecular complexity index is 1580. The second kappa shape index (κ2) is 16.8. The van der Waals surface area contributed by atoms with Crippen LogP contribution in [0, 0.1) is 17.0 Å². The summed E-state index contributed by atoms with van der Waals surface area (Å²) in [5, 5.41) is 13.3. The van der Waals surface area contributed by atoms with Crippen LogP contribution < -0.4 is 10.7 Å². The smallest absolute Gasteiger partial charge is 0.331 e. The zero-order chi connectivity index (χ0) is 35.9. The number of carbonyl (C=O) groups excluding carboxylic acids is 2. The van der Waals surface area contributed by atoms with E-state index in [9.17, 15) is 37.4 Å². The molecule has 1 aliphatic heterocycles. The first-order chi connectivity index (χ1) is 22.6. The number of rotatable bonds is 18. The summed E-state index contributed by atoms with van der Waals surface area (Å²) in [6.07, 6.45) is 1.00. The van der Waals surface area contributed by atoms with Crippen molar-refractivity contribution in [3.63, 3.8) is 0 Å². The standard InChI is InChI=1S/C31H45F2N3O10P2/c1-7-43-47(41,44-8-2)15-13-35(14-16-48(42,45-9-3)46-10-4)25-20-36-19-23(27(37)28(38)26(36)29(39)31(25,5)6)30(40)34-18-21-11-12-22(32)17-24(21)33/h11-12,17,19,25,38H,7-10,13-16,18,20H2,1-6H3,(H,34,40). The van der Waals surface area contributed by atoms with Crippen molar-refractivity contribution < 1.29 is 50.7 Å². The van der Waals surface area contributed by atoms with Gasteiger partial charge in [-0.1, -0.05) is 19.9 Å². The first-order valence-corrected chi connectivity index (χ1v) is 19.3. The molecule has 268 valence electrons. The number of fused-ring (bicyclic) bond motifs is 1. The van der Waals surface area contributed by atoms with Gasteiger partial charge in [0.05, 0.1) is 38.8 Å². The van der Waals surface area contributed by atoms with Crippen LogP contribution >= 0.6 is 15.2 Å². The van der Waals surface area contributed by atoms with Crippen LogP contribution in [0.25, 0.3) is 0 Å². The summed E-state index contributed by atoms with van der Waals surface area (Å²) in [5.74, 6) is -4.17. The molecule has 17 heteroatoms. The summed E-state index contributed by atoms with van der Waals surface area (Å²) in [6.45, 7) is 10.2. The largest absolute Gasteiger partial charge is 0.503 e. The summed E-state index contributed by atoms with van der Waals surface area (Å²) in [4.78, 5) is 42.0. The average molecular weight is 720 g/mol. The van der Waals surface area contributed by atoms with E-state index in [4.69, 9.17) is 18.1 Å². The Morgan fingerprint density at radius 2 is 1.50 bits per heavy atom. The molecular weight excluding hydrogens is 674 g/mol. The number of nitrogens with zero attached hydrogens (tertiary/aromatic N) is 2. The zero-order valence-corrected chi connectivity index (χ0v) is 29.9. The molecule has 13 nitrogen and oxygen atoms in total. The highest BCUT2D eigenvalue weighted by Crippen LogP contribution is 2.50. The van der Waals surface area contributed by atoms with Gasteiger partial charge < -0.3 is 33.1 Å². The number of hydrogen-bond acceptors (Lipinski definition) is 11. The van der Waals surface area contributed by atoms with Crippen LogP contribution in [0.5, 0.6) is 5.75 Å². The molecule has 0 saturated carbocycles. The van der Waals surface area contributed by atoms with Crippen molar-refractivity contribution in [2.75, 3.05) is 51.8 Å². The van der Waals surface area contributed by atoms with E-state index in [0.717, 1.165) is 18.3 Å². The van der Waals surface area contributed by atoms with Crippen molar-refractivity contribution in [1.82, 2.24) is 14.8 Å². The van der Waals surface area contributed by atoms with Gasteiger partial charge in [0, 0.05) is 55.5 Å². The molecule has 0 saturated heterocycles. The normalized spacial score (nSPS) is 16.3. The van der Waals surface area contributed by atoms with Gasteiger partial charge in [-0.25, -0.2) is 8.78 Å². The van der Waals surface area contributed by atoms with Crippen molar-refractivity contribution >= 4 is 26.9 Å². The molecule has 3 rings (SSSR count). The lowest BCUT2D eigenvalue weighted by molar-refractivity contribution is 0.0432. The second-order valence-electron chi connectivity index (χ2n) is 11.6. The molecule has 0 bridgehead atoms. The Labute approximate surface area is 279 Å². The van der Waals surface area contributed by atoms with Gasteiger partial charge in [0.15, 0.2) is 11.5 Å². The maximum Gasteiger partial charge on any atom is 0.331 e. The zero-order valence-electron chi connectivity index (χ0n) is 28.1. The van der Waals surface area contributed by atoms with E-state index in [1.807, 2.05) is 0 Å². The van der Waals surface area contributed by atoms with Gasteiger partial charge in [0.2, 0.25) is 5.43 Å². The number of pyridine rings is 1. The molecule has 1 aliphatic rings. The van der Waals surface area contributed by atoms with E-state index in [2.05, 4.69) is 5.32 Å². The van der Waals surface area contributed by atoms with E-state index in [0.29, 0.717) is 6.07 Å². The van der Waals surface area contributed by atoms with Crippen LogP contribution in [-0.4, -0.2) is 84.1 Å². The number of aromatic hydroxyl groups is 1. The summed E-state index contributed by atoms with van der Waals surface area (Å²) in [7, 11) is -7.12. The second-order valence-corrected chi connectivity index (χ2v) is 16.0. The minimum atomic E-state index is -3.56. The number of halogens is 2. The number of aromatic nitrogens is 1. The van der Waals surface area contributed by atoms with Gasteiger partial charge in [-0.05, 0) is 33.8 Å². The molecule has 1 aromatic carbocycles. The van der Waals surface area contributed by atoms with Crippen LogP contribution in [0.3, 0.4) is 0 Å². The molecule has 2 aromatic rings. The maximum absolute atomic E-state index is 14.1. The molecule has 1 unspecified atom stereocenters. The van der Waals surface area contributed by atoms with E-state index in [1.54, 1.807) is 46.4 Å². The highest BCUT2D eigenvalue weighted by molar-refractivity contribution is 7.54. The van der Waals surface area contributed by atoms with E-state index < -0.39 is 66.7 Å². The van der Waals surface area contributed by atoms with Crippen molar-refractivity contribution in [3.05, 3.63) is 63.1 Å². The summed E-state index contributed by atoms with van der Waals surface area (Å²) < 4.78 is 77.5. The number of amides is 1. The van der Waals surface area contributed by atoms with Crippen molar-refractivity contribution in [2.24, 2.45) is 5.41 Å². The van der Waals surface area contributed by atoms with Crippen LogP contribution in [0.1, 0.15) is 68.0 Å². The van der Waals surface area contributed by atoms with Gasteiger partial charge >= 0.3 is 15.2 Å². The lowest BCUT2D eigenvalue weighted by Gasteiger charge is -2.45. The first-order valence-electron chi connectivity index (χ1n) is 15.8. The third kappa shape index (κ3) is 9.26. The first kappa shape index (κ1) is 39.7. The van der Waals surface area contributed by atoms with Crippen LogP contribution in [0.15, 0.2) is 29.2 Å². The highest BCUT2D eigenvalue weighted by Gasteiger charge is 2.48. The third-order valence-electron chi connectivity index (χ3n) is 8.02. The lowest BCUT2D eigenvalue weighted by atomic mass is 9.75. The fourth-order valence-corrected chi connectivity index (χ4v) is 8.86. The predicted octanol–water partition coefficient (Wildman–Crippen LogP) is 5.19. The van der Waals surface area contributed by atoms with Crippen LogP contribution in [-0.2, 0) is 40.3 Å². The lowest BCUT2D eigenvalue weighted by Crippen LogP contribution is -2.56. The van der Waals surface area contributed by atoms with Crippen molar-refractivity contribution in [1.29, 1.82) is 0 Å². The number of hydrogen-bond donors (Lipinski definition) is 2. The van der Waals surface area contributed by atoms with Crippen LogP contribution in [0.2, 0.25) is 0 Å². The number of Topliss-reactive ketones (excluding diaryl/α,β-unsaturated/α-hetero) is 1. The minimum absolute atomic E-state index is 0.0318. The van der Waals surface area contributed by atoms with Gasteiger partial charge in [-0.3, -0.25) is 28.4 Å². The van der Waals surface area contributed by atoms with E-state index in [-0.39, 0.29) is 76.2 Å². The number of nitrogens with one attached hydrogen (secondary N) is 1. The SMILES string of the molecule is CCOP(=O)(CCN(CCP(=O)(OCC)OCC)C1Cn2cc(C(=O)NCc3ccc(F)cc3F)c(=O)c(O)c2C(=O)C1(C)C)OCC. The molecule has 1 atom stereocenters. The van der Waals surface area contributed by atoms with Crippen molar-refractivity contribution in [2.45, 2.75) is 60.7 Å². The number of benzene rings is 1. The fourth-order valence-electron chi connectivity index (χ4n) is 5.62. The topological polar surface area (TPSA) is 163 Å². The Morgan fingerprint density at radius 1 is 0.979 bits per heavy atom. The van der Waals surface area contributed by atoms with E-state index in [1.165, 1.54) is 4.57 Å². The molecule has 1 amide bonds. The Hall–Kier alpha value is -2.77. The molecule has 0 radical (unpaired) electrons. The monoisotopic (exact) mass is 719 g/mol. The van der Waals surface area contributed by atoms with E-state index >= 15 is 0 Å². The van der Waals surface area contributed by atoms with Gasteiger partial charge in [-0.15, -0.1) is 0 Å². The molecule has 2 heterocycles. The Kier molecular flexibility index (Phi) is 13.8. The quantitative estimate of drug-likeness (QED) is 0.195. The van der Waals surface area contributed by atoms with Gasteiger partial charge in [-0.2, -0.15) is 0 Å². The van der Waals surface area contributed by atoms with Gasteiger partial charge in [0.25, 0.3) is 5.91 Å². The third-order valence-corrected chi connectivity index (χ3v) is 12.1. The molecule has 1 aromatic heterocycles.